The van der Waals surface area contributed by atoms with Crippen LogP contribution in [-0.4, -0.2) is 49.4 Å². The molecular weight excluding hydrogens is 346 g/mol. The van der Waals surface area contributed by atoms with Gasteiger partial charge in [0.2, 0.25) is 5.91 Å². The Labute approximate surface area is 169 Å². The van der Waals surface area contributed by atoms with Gasteiger partial charge in [0.15, 0.2) is 0 Å². The Morgan fingerprint density at radius 3 is 2.07 bits per heavy atom. The molecule has 1 saturated carbocycles. The van der Waals surface area contributed by atoms with E-state index in [4.69, 9.17) is 5.73 Å². The van der Waals surface area contributed by atoms with Gasteiger partial charge in [-0.25, -0.2) is 0 Å². The Hall–Kier alpha value is -2.17. The Kier molecular flexibility index (Phi) is 6.21. The van der Waals surface area contributed by atoms with Gasteiger partial charge in [-0.15, -0.1) is 0 Å². The zero-order valence-electron chi connectivity index (χ0n) is 17.5. The number of nitrogens with two attached hydrogens (primary N) is 1. The summed E-state index contributed by atoms with van der Waals surface area (Å²) in [5.74, 6) is 0.0664. The summed E-state index contributed by atoms with van der Waals surface area (Å²) in [7, 11) is 6.20. The number of carbonyl (C=O) groups is 1. The van der Waals surface area contributed by atoms with Crippen LogP contribution in [0.1, 0.15) is 36.8 Å². The van der Waals surface area contributed by atoms with Crippen molar-refractivity contribution >= 4 is 5.91 Å². The van der Waals surface area contributed by atoms with Crippen LogP contribution in [0.25, 0.3) is 0 Å². The number of benzene rings is 2. The van der Waals surface area contributed by atoms with Crippen molar-refractivity contribution in [3.63, 3.8) is 0 Å². The van der Waals surface area contributed by atoms with Gasteiger partial charge in [0.25, 0.3) is 0 Å². The van der Waals surface area contributed by atoms with E-state index in [2.05, 4.69) is 68.4 Å². The lowest BCUT2D eigenvalue weighted by atomic mass is 9.66. The first kappa shape index (κ1) is 20.6. The maximum absolute atomic E-state index is 13.3. The number of amides is 1. The van der Waals surface area contributed by atoms with Gasteiger partial charge in [-0.05, 0) is 44.0 Å². The molecule has 1 aliphatic carbocycles. The van der Waals surface area contributed by atoms with Gasteiger partial charge in [0, 0.05) is 25.2 Å². The molecule has 2 aromatic rings. The van der Waals surface area contributed by atoms with Crippen LogP contribution in [0.5, 0.6) is 0 Å². The summed E-state index contributed by atoms with van der Waals surface area (Å²) in [6, 6.07) is 21.1. The van der Waals surface area contributed by atoms with Crippen molar-refractivity contribution in [3.05, 3.63) is 71.8 Å². The van der Waals surface area contributed by atoms with E-state index < -0.39 is 0 Å². The van der Waals surface area contributed by atoms with E-state index in [1.807, 2.05) is 30.1 Å². The molecular formula is C24H33N3O. The van der Waals surface area contributed by atoms with Gasteiger partial charge >= 0.3 is 0 Å². The van der Waals surface area contributed by atoms with Crippen molar-refractivity contribution < 1.29 is 4.79 Å². The highest BCUT2D eigenvalue weighted by Gasteiger charge is 2.50. The van der Waals surface area contributed by atoms with Gasteiger partial charge < -0.3 is 10.6 Å². The Morgan fingerprint density at radius 1 is 1.04 bits per heavy atom. The second-order valence-corrected chi connectivity index (χ2v) is 8.34. The lowest BCUT2D eigenvalue weighted by Gasteiger charge is -2.55. The van der Waals surface area contributed by atoms with Gasteiger partial charge in [-0.2, -0.15) is 0 Å². The summed E-state index contributed by atoms with van der Waals surface area (Å²) < 4.78 is 0. The standard InChI is InChI=1S/C24H33N3O/c1-18(19-11-7-5-8-12-19)22(17-25)23(28)27(4)21-15-24(16-21,26(2)3)20-13-9-6-10-14-20/h5-14,18,21-22H,15-17,25H2,1-4H3. The largest absolute Gasteiger partial charge is 0.342 e. The van der Waals surface area contributed by atoms with E-state index in [1.54, 1.807) is 0 Å². The van der Waals surface area contributed by atoms with Gasteiger partial charge in [0.1, 0.15) is 0 Å². The summed E-state index contributed by atoms with van der Waals surface area (Å²) in [6.45, 7) is 2.47. The Morgan fingerprint density at radius 2 is 1.57 bits per heavy atom. The van der Waals surface area contributed by atoms with E-state index in [1.165, 1.54) is 11.1 Å². The summed E-state index contributed by atoms with van der Waals surface area (Å²) in [4.78, 5) is 17.5. The van der Waals surface area contributed by atoms with Crippen molar-refractivity contribution in [2.75, 3.05) is 27.7 Å². The van der Waals surface area contributed by atoms with E-state index in [0.717, 1.165) is 12.8 Å². The first-order chi connectivity index (χ1) is 13.4. The molecule has 2 unspecified atom stereocenters. The second-order valence-electron chi connectivity index (χ2n) is 8.34. The molecule has 0 spiro atoms. The maximum atomic E-state index is 13.3. The SMILES string of the molecule is CC(c1ccccc1)C(CN)C(=O)N(C)C1CC(c2ccccc2)(N(C)C)C1. The molecule has 0 aliphatic heterocycles. The van der Waals surface area contributed by atoms with Crippen LogP contribution < -0.4 is 5.73 Å². The van der Waals surface area contributed by atoms with E-state index in [0.29, 0.717) is 6.54 Å². The minimum Gasteiger partial charge on any atom is -0.342 e. The first-order valence-electron chi connectivity index (χ1n) is 10.2. The number of nitrogens with zero attached hydrogens (tertiary/aromatic N) is 2. The fourth-order valence-corrected chi connectivity index (χ4v) is 4.55. The monoisotopic (exact) mass is 379 g/mol. The normalized spacial score (nSPS) is 23.7. The smallest absolute Gasteiger partial charge is 0.227 e. The molecule has 0 saturated heterocycles. The van der Waals surface area contributed by atoms with Crippen LogP contribution in [0.3, 0.4) is 0 Å². The van der Waals surface area contributed by atoms with Crippen molar-refractivity contribution in [2.24, 2.45) is 11.7 Å². The van der Waals surface area contributed by atoms with Crippen molar-refractivity contribution in [2.45, 2.75) is 37.3 Å². The number of hydrogen-bond acceptors (Lipinski definition) is 3. The predicted octanol–water partition coefficient (Wildman–Crippen LogP) is 3.44. The fourth-order valence-electron chi connectivity index (χ4n) is 4.55. The van der Waals surface area contributed by atoms with E-state index >= 15 is 0 Å². The Bertz CT molecular complexity index is 769. The molecule has 150 valence electrons. The lowest BCUT2D eigenvalue weighted by molar-refractivity contribution is -0.142. The molecule has 2 atom stereocenters. The van der Waals surface area contributed by atoms with Crippen molar-refractivity contribution in [1.29, 1.82) is 0 Å². The molecule has 3 rings (SSSR count). The minimum atomic E-state index is -0.196. The number of rotatable bonds is 7. The molecule has 1 amide bonds. The van der Waals surface area contributed by atoms with Gasteiger partial charge in [-0.1, -0.05) is 67.6 Å². The van der Waals surface area contributed by atoms with Gasteiger partial charge in [0.05, 0.1) is 5.92 Å². The molecule has 0 bridgehead atoms. The average Bonchev–Trinajstić information content (AvgIpc) is 2.68. The quantitative estimate of drug-likeness (QED) is 0.802. The third-order valence-electron chi connectivity index (χ3n) is 6.71. The minimum absolute atomic E-state index is 0.00369. The molecule has 28 heavy (non-hydrogen) atoms. The van der Waals surface area contributed by atoms with Crippen molar-refractivity contribution in [3.8, 4) is 0 Å². The van der Waals surface area contributed by atoms with Gasteiger partial charge in [-0.3, -0.25) is 9.69 Å². The second kappa shape index (κ2) is 8.46. The molecule has 2 aromatic carbocycles. The van der Waals surface area contributed by atoms with Crippen LogP contribution in [-0.2, 0) is 10.3 Å². The molecule has 0 heterocycles. The summed E-state index contributed by atoms with van der Waals surface area (Å²) in [5, 5.41) is 0. The third-order valence-corrected chi connectivity index (χ3v) is 6.71. The van der Waals surface area contributed by atoms with Crippen LogP contribution in [0.2, 0.25) is 0 Å². The first-order valence-corrected chi connectivity index (χ1v) is 10.2. The molecule has 0 radical (unpaired) electrons. The van der Waals surface area contributed by atoms with Crippen LogP contribution >= 0.6 is 0 Å². The third kappa shape index (κ3) is 3.71. The zero-order chi connectivity index (χ0) is 20.3. The maximum Gasteiger partial charge on any atom is 0.227 e. The summed E-state index contributed by atoms with van der Waals surface area (Å²) in [6.07, 6.45) is 1.90. The number of hydrogen-bond donors (Lipinski definition) is 1. The van der Waals surface area contributed by atoms with E-state index in [9.17, 15) is 4.79 Å². The van der Waals surface area contributed by atoms with Crippen LogP contribution in [0.15, 0.2) is 60.7 Å². The van der Waals surface area contributed by atoms with Crippen LogP contribution in [0, 0.1) is 5.92 Å². The molecule has 4 heteroatoms. The topological polar surface area (TPSA) is 49.6 Å². The van der Waals surface area contributed by atoms with Crippen molar-refractivity contribution in [1.82, 2.24) is 9.80 Å². The molecule has 4 nitrogen and oxygen atoms in total. The Balaban J connectivity index is 1.72. The summed E-state index contributed by atoms with van der Waals surface area (Å²) >= 11 is 0. The molecule has 0 aromatic heterocycles. The van der Waals surface area contributed by atoms with Crippen LogP contribution in [0.4, 0.5) is 0 Å². The fraction of sp³-hybridized carbons (Fsp3) is 0.458. The zero-order valence-corrected chi connectivity index (χ0v) is 17.5. The highest BCUT2D eigenvalue weighted by atomic mass is 16.2. The molecule has 1 fully saturated rings. The average molecular weight is 380 g/mol. The summed E-state index contributed by atoms with van der Waals surface area (Å²) in [5.41, 5.74) is 8.54. The predicted molar refractivity (Wildman–Crippen MR) is 115 cm³/mol. The highest BCUT2D eigenvalue weighted by Crippen LogP contribution is 2.47. The molecule has 1 aliphatic rings. The van der Waals surface area contributed by atoms with E-state index in [-0.39, 0.29) is 29.3 Å². The lowest BCUT2D eigenvalue weighted by Crippen LogP contribution is -2.60. The highest BCUT2D eigenvalue weighted by molar-refractivity contribution is 5.80. The number of carbonyl (C=O) groups excluding carboxylic acids is 1. The molecule has 2 N–H and O–H groups in total.